The number of aromatic nitrogens is 1. The van der Waals surface area contributed by atoms with Crippen LogP contribution in [0.1, 0.15) is 5.56 Å². The molecule has 0 unspecified atom stereocenters. The Morgan fingerprint density at radius 3 is 2.50 bits per heavy atom. The second kappa shape index (κ2) is 6.19. The summed E-state index contributed by atoms with van der Waals surface area (Å²) in [5.74, 6) is -0.262. The summed E-state index contributed by atoms with van der Waals surface area (Å²) in [5, 5.41) is 0. The Morgan fingerprint density at radius 2 is 1.90 bits per heavy atom. The average Bonchev–Trinajstić information content (AvgIpc) is 2.42. The van der Waals surface area contributed by atoms with E-state index in [0.29, 0.717) is 12.3 Å². The van der Waals surface area contributed by atoms with Crippen LogP contribution >= 0.6 is 11.6 Å². The van der Waals surface area contributed by atoms with Crippen molar-refractivity contribution >= 4 is 27.3 Å². The molecule has 2 aromatic rings. The number of rotatable bonds is 5. The van der Waals surface area contributed by atoms with Gasteiger partial charge in [0.25, 0.3) is 10.0 Å². The van der Waals surface area contributed by atoms with E-state index >= 15 is 0 Å². The summed E-state index contributed by atoms with van der Waals surface area (Å²) < 4.78 is 39.8. The van der Waals surface area contributed by atoms with Gasteiger partial charge in [0.05, 0.1) is 16.8 Å². The van der Waals surface area contributed by atoms with Gasteiger partial charge in [-0.15, -0.1) is 11.6 Å². The van der Waals surface area contributed by atoms with Gasteiger partial charge >= 0.3 is 0 Å². The molecule has 1 aromatic heterocycles. The van der Waals surface area contributed by atoms with Crippen molar-refractivity contribution in [1.29, 1.82) is 0 Å². The molecule has 0 aliphatic heterocycles. The van der Waals surface area contributed by atoms with Crippen LogP contribution in [-0.4, -0.2) is 19.3 Å². The number of aryl methyl sites for hydroxylation is 1. The maximum Gasteiger partial charge on any atom is 0.261 e. The van der Waals surface area contributed by atoms with Gasteiger partial charge in [0.1, 0.15) is 0 Å². The topological polar surface area (TPSA) is 59.1 Å². The molecular weight excluding hydrogens is 303 g/mol. The highest BCUT2D eigenvalue weighted by Crippen LogP contribution is 2.18. The molecule has 1 N–H and O–H groups in total. The van der Waals surface area contributed by atoms with E-state index in [1.165, 1.54) is 24.4 Å². The van der Waals surface area contributed by atoms with Crippen LogP contribution in [0.2, 0.25) is 0 Å². The first-order valence-electron chi connectivity index (χ1n) is 5.80. The number of halogens is 2. The molecule has 20 heavy (non-hydrogen) atoms. The first-order chi connectivity index (χ1) is 9.53. The highest BCUT2D eigenvalue weighted by molar-refractivity contribution is 7.92. The van der Waals surface area contributed by atoms with Crippen LogP contribution in [0.3, 0.4) is 0 Å². The van der Waals surface area contributed by atoms with Crippen molar-refractivity contribution in [3.63, 3.8) is 0 Å². The molecule has 0 saturated heterocycles. The summed E-state index contributed by atoms with van der Waals surface area (Å²) in [5.41, 5.74) is 0.805. The molecule has 0 spiro atoms. The Hall–Kier alpha value is -1.66. The van der Waals surface area contributed by atoms with E-state index in [-0.39, 0.29) is 10.6 Å². The molecule has 1 aromatic carbocycles. The normalized spacial score (nSPS) is 11.3. The quantitative estimate of drug-likeness (QED) is 0.863. The number of sulfonamides is 1. The van der Waals surface area contributed by atoms with Crippen molar-refractivity contribution in [2.24, 2.45) is 0 Å². The van der Waals surface area contributed by atoms with E-state index in [2.05, 4.69) is 9.71 Å². The van der Waals surface area contributed by atoms with Crippen LogP contribution in [0.15, 0.2) is 47.6 Å². The standard InChI is InChI=1S/C13H12ClFN2O2S/c14-7-5-10-1-3-11(4-2-10)20(18,19)17-13-6-8-16-9-12(13)15/h1-4,6,8-9H,5,7H2,(H,16,17). The summed E-state index contributed by atoms with van der Waals surface area (Å²) >= 11 is 5.61. The molecule has 0 atom stereocenters. The first-order valence-corrected chi connectivity index (χ1v) is 7.82. The van der Waals surface area contributed by atoms with Gasteiger partial charge in [-0.05, 0) is 30.2 Å². The number of nitrogens with one attached hydrogen (secondary N) is 1. The van der Waals surface area contributed by atoms with Crippen molar-refractivity contribution in [2.75, 3.05) is 10.6 Å². The van der Waals surface area contributed by atoms with Crippen molar-refractivity contribution in [3.05, 3.63) is 54.1 Å². The summed E-state index contributed by atoms with van der Waals surface area (Å²) in [6.07, 6.45) is 2.92. The Morgan fingerprint density at radius 1 is 1.20 bits per heavy atom. The molecule has 1 heterocycles. The van der Waals surface area contributed by atoms with Crippen LogP contribution in [0.5, 0.6) is 0 Å². The monoisotopic (exact) mass is 314 g/mol. The maximum atomic E-state index is 13.4. The SMILES string of the molecule is O=S(=O)(Nc1ccncc1F)c1ccc(CCCl)cc1. The fraction of sp³-hybridized carbons (Fsp3) is 0.154. The number of pyridine rings is 1. The van der Waals surface area contributed by atoms with Gasteiger partial charge in [-0.2, -0.15) is 0 Å². The largest absolute Gasteiger partial charge is 0.277 e. The summed E-state index contributed by atoms with van der Waals surface area (Å²) in [7, 11) is -3.82. The molecule has 0 radical (unpaired) electrons. The number of alkyl halides is 1. The summed E-state index contributed by atoms with van der Waals surface area (Å²) in [4.78, 5) is 3.62. The minimum Gasteiger partial charge on any atom is -0.277 e. The number of benzene rings is 1. The molecule has 106 valence electrons. The van der Waals surface area contributed by atoms with E-state index in [9.17, 15) is 12.8 Å². The molecule has 7 heteroatoms. The highest BCUT2D eigenvalue weighted by Gasteiger charge is 2.16. The molecule has 0 aliphatic rings. The first kappa shape index (κ1) is 14.7. The smallest absolute Gasteiger partial charge is 0.261 e. The molecule has 0 bridgehead atoms. The molecule has 0 fully saturated rings. The molecule has 4 nitrogen and oxygen atoms in total. The van der Waals surface area contributed by atoms with Crippen LogP contribution in [-0.2, 0) is 16.4 Å². The van der Waals surface area contributed by atoms with Crippen LogP contribution in [0.25, 0.3) is 0 Å². The summed E-state index contributed by atoms with van der Waals surface area (Å²) in [6.45, 7) is 0. The Balaban J connectivity index is 2.24. The predicted octanol–water partition coefficient (Wildman–Crippen LogP) is 2.80. The number of nitrogens with zero attached hydrogens (tertiary/aromatic N) is 1. The Labute approximate surface area is 121 Å². The van der Waals surface area contributed by atoms with Gasteiger partial charge in [-0.25, -0.2) is 12.8 Å². The van der Waals surface area contributed by atoms with Gasteiger partial charge in [0, 0.05) is 12.1 Å². The molecular formula is C13H12ClFN2O2S. The second-order valence-corrected chi connectivity index (χ2v) is 6.10. The zero-order valence-electron chi connectivity index (χ0n) is 10.4. The number of hydrogen-bond donors (Lipinski definition) is 1. The lowest BCUT2D eigenvalue weighted by molar-refractivity contribution is 0.598. The molecule has 0 amide bonds. The molecule has 0 saturated carbocycles. The van der Waals surface area contributed by atoms with E-state index < -0.39 is 15.8 Å². The number of anilines is 1. The molecule has 0 aliphatic carbocycles. The minimum absolute atomic E-state index is 0.0621. The average molecular weight is 315 g/mol. The van der Waals surface area contributed by atoms with E-state index in [0.717, 1.165) is 11.8 Å². The summed E-state index contributed by atoms with van der Waals surface area (Å²) in [6, 6.07) is 7.54. The Bertz CT molecular complexity index is 690. The van der Waals surface area contributed by atoms with Crippen molar-refractivity contribution in [3.8, 4) is 0 Å². The van der Waals surface area contributed by atoms with Crippen LogP contribution in [0.4, 0.5) is 10.1 Å². The fourth-order valence-electron chi connectivity index (χ4n) is 1.61. The second-order valence-electron chi connectivity index (χ2n) is 4.04. The van der Waals surface area contributed by atoms with Gasteiger partial charge in [0.15, 0.2) is 5.82 Å². The van der Waals surface area contributed by atoms with Gasteiger partial charge in [0.2, 0.25) is 0 Å². The lowest BCUT2D eigenvalue weighted by atomic mass is 10.2. The van der Waals surface area contributed by atoms with E-state index in [4.69, 9.17) is 11.6 Å². The lowest BCUT2D eigenvalue weighted by Gasteiger charge is -2.09. The third kappa shape index (κ3) is 3.46. The third-order valence-corrected chi connectivity index (χ3v) is 4.20. The van der Waals surface area contributed by atoms with Crippen molar-refractivity contribution in [1.82, 2.24) is 4.98 Å². The number of hydrogen-bond acceptors (Lipinski definition) is 3. The Kier molecular flexibility index (Phi) is 4.57. The van der Waals surface area contributed by atoms with Crippen LogP contribution in [0, 0.1) is 5.82 Å². The maximum absolute atomic E-state index is 13.4. The lowest BCUT2D eigenvalue weighted by Crippen LogP contribution is -2.14. The zero-order valence-corrected chi connectivity index (χ0v) is 12.0. The highest BCUT2D eigenvalue weighted by atomic mass is 35.5. The van der Waals surface area contributed by atoms with Gasteiger partial charge < -0.3 is 0 Å². The van der Waals surface area contributed by atoms with Crippen molar-refractivity contribution < 1.29 is 12.8 Å². The van der Waals surface area contributed by atoms with E-state index in [1.807, 2.05) is 0 Å². The third-order valence-electron chi connectivity index (χ3n) is 2.63. The van der Waals surface area contributed by atoms with E-state index in [1.54, 1.807) is 12.1 Å². The van der Waals surface area contributed by atoms with Crippen LogP contribution < -0.4 is 4.72 Å². The minimum atomic E-state index is -3.82. The van der Waals surface area contributed by atoms with Gasteiger partial charge in [-0.1, -0.05) is 12.1 Å². The fourth-order valence-corrected chi connectivity index (χ4v) is 2.89. The zero-order chi connectivity index (χ0) is 14.6. The van der Waals surface area contributed by atoms with Crippen molar-refractivity contribution in [2.45, 2.75) is 11.3 Å². The molecule has 2 rings (SSSR count). The van der Waals surface area contributed by atoms with Gasteiger partial charge in [-0.3, -0.25) is 9.71 Å². The predicted molar refractivity (Wildman–Crippen MR) is 75.9 cm³/mol.